The summed E-state index contributed by atoms with van der Waals surface area (Å²) in [7, 11) is 1.66. The number of aryl methyl sites for hydroxylation is 3. The number of aromatic nitrogens is 2. The van der Waals surface area contributed by atoms with E-state index in [0.29, 0.717) is 37.6 Å². The van der Waals surface area contributed by atoms with Gasteiger partial charge in [-0.05, 0) is 43.7 Å². The van der Waals surface area contributed by atoms with E-state index in [0.717, 1.165) is 43.6 Å². The van der Waals surface area contributed by atoms with Crippen LogP contribution in [0.25, 0.3) is 0 Å². The summed E-state index contributed by atoms with van der Waals surface area (Å²) >= 11 is 0. The molecule has 7 nitrogen and oxygen atoms in total. The molecule has 1 atom stereocenters. The molecular formula is C21H29N3O4. The molecule has 1 aromatic heterocycles. The minimum atomic E-state index is 0.00424. The fourth-order valence-electron chi connectivity index (χ4n) is 3.36. The largest absolute Gasteiger partial charge is 0.496 e. The molecule has 7 heteroatoms. The van der Waals surface area contributed by atoms with Crippen LogP contribution < -0.4 is 10.1 Å². The Bertz CT molecular complexity index is 741. The average Bonchev–Trinajstić information content (AvgIpc) is 3.19. The molecule has 152 valence electrons. The molecule has 0 spiro atoms. The topological polar surface area (TPSA) is 86.5 Å². The number of para-hydroxylation sites is 1. The Labute approximate surface area is 165 Å². The molecule has 0 aliphatic carbocycles. The standard InChI is InChI=1S/C21H29N3O4/c1-26-18-8-3-2-6-16(18)9-11-20-23-24-21(28-20)12-10-19(25)22-14-13-17-7-4-5-15-27-17/h2-3,6,8,17H,4-5,7,9-15H2,1H3,(H,22,25). The Balaban J connectivity index is 1.35. The van der Waals surface area contributed by atoms with Crippen LogP contribution in [0.15, 0.2) is 28.7 Å². The number of hydrogen-bond donors (Lipinski definition) is 1. The first-order valence-electron chi connectivity index (χ1n) is 10.1. The van der Waals surface area contributed by atoms with Crippen LogP contribution in [0.4, 0.5) is 0 Å². The molecule has 1 N–H and O–H groups in total. The lowest BCUT2D eigenvalue weighted by molar-refractivity contribution is -0.121. The Morgan fingerprint density at radius 2 is 2.00 bits per heavy atom. The highest BCUT2D eigenvalue weighted by Gasteiger charge is 2.14. The zero-order chi connectivity index (χ0) is 19.6. The maximum Gasteiger partial charge on any atom is 0.220 e. The van der Waals surface area contributed by atoms with Gasteiger partial charge in [0.05, 0.1) is 13.2 Å². The van der Waals surface area contributed by atoms with Crippen molar-refractivity contribution in [3.05, 3.63) is 41.6 Å². The summed E-state index contributed by atoms with van der Waals surface area (Å²) < 4.78 is 16.7. The molecule has 1 aromatic carbocycles. The van der Waals surface area contributed by atoms with Gasteiger partial charge in [-0.2, -0.15) is 0 Å². The SMILES string of the molecule is COc1ccccc1CCc1nnc(CCC(=O)NCCC2CCCCO2)o1. The number of benzene rings is 1. The van der Waals surface area contributed by atoms with E-state index in [1.54, 1.807) is 7.11 Å². The second-order valence-corrected chi connectivity index (χ2v) is 7.03. The smallest absolute Gasteiger partial charge is 0.220 e. The molecular weight excluding hydrogens is 358 g/mol. The van der Waals surface area contributed by atoms with Crippen LogP contribution in [0.1, 0.15) is 49.4 Å². The summed E-state index contributed by atoms with van der Waals surface area (Å²) in [5, 5.41) is 11.1. The Kier molecular flexibility index (Phi) is 7.84. The molecule has 1 unspecified atom stereocenters. The molecule has 0 radical (unpaired) electrons. The minimum absolute atomic E-state index is 0.00424. The van der Waals surface area contributed by atoms with Crippen molar-refractivity contribution in [2.45, 2.75) is 57.5 Å². The highest BCUT2D eigenvalue weighted by Crippen LogP contribution is 2.19. The van der Waals surface area contributed by atoms with Crippen molar-refractivity contribution in [1.82, 2.24) is 15.5 Å². The van der Waals surface area contributed by atoms with E-state index in [1.807, 2.05) is 24.3 Å². The number of nitrogens with zero attached hydrogens (tertiary/aromatic N) is 2. The Morgan fingerprint density at radius 3 is 2.79 bits per heavy atom. The van der Waals surface area contributed by atoms with Crippen LogP contribution in [-0.4, -0.2) is 42.5 Å². The van der Waals surface area contributed by atoms with Gasteiger partial charge < -0.3 is 19.2 Å². The lowest BCUT2D eigenvalue weighted by Crippen LogP contribution is -2.29. The molecule has 1 fully saturated rings. The first kappa shape index (κ1) is 20.3. The van der Waals surface area contributed by atoms with Crippen LogP contribution in [0, 0.1) is 0 Å². The summed E-state index contributed by atoms with van der Waals surface area (Å²) in [6.45, 7) is 1.49. The van der Waals surface area contributed by atoms with Gasteiger partial charge in [0.15, 0.2) is 0 Å². The number of carbonyl (C=O) groups excluding carboxylic acids is 1. The maximum absolute atomic E-state index is 12.0. The van der Waals surface area contributed by atoms with E-state index in [9.17, 15) is 4.79 Å². The van der Waals surface area contributed by atoms with Gasteiger partial charge in [-0.15, -0.1) is 10.2 Å². The van der Waals surface area contributed by atoms with Crippen molar-refractivity contribution in [1.29, 1.82) is 0 Å². The minimum Gasteiger partial charge on any atom is -0.496 e. The van der Waals surface area contributed by atoms with Gasteiger partial charge >= 0.3 is 0 Å². The molecule has 1 aliphatic heterocycles. The molecule has 1 saturated heterocycles. The first-order valence-corrected chi connectivity index (χ1v) is 10.1. The van der Waals surface area contributed by atoms with Crippen LogP contribution in [0.2, 0.25) is 0 Å². The van der Waals surface area contributed by atoms with Gasteiger partial charge in [0.2, 0.25) is 17.7 Å². The van der Waals surface area contributed by atoms with Gasteiger partial charge in [0.1, 0.15) is 5.75 Å². The summed E-state index contributed by atoms with van der Waals surface area (Å²) in [6, 6.07) is 7.89. The number of rotatable bonds is 10. The van der Waals surface area contributed by atoms with Crippen LogP contribution >= 0.6 is 0 Å². The lowest BCUT2D eigenvalue weighted by Gasteiger charge is -2.22. The highest BCUT2D eigenvalue weighted by atomic mass is 16.5. The molecule has 1 aliphatic rings. The number of nitrogens with one attached hydrogen (secondary N) is 1. The van der Waals surface area contributed by atoms with Crippen LogP contribution in [0.3, 0.4) is 0 Å². The average molecular weight is 387 g/mol. The van der Waals surface area contributed by atoms with Crippen molar-refractivity contribution < 1.29 is 18.7 Å². The summed E-state index contributed by atoms with van der Waals surface area (Å²) in [5.74, 6) is 1.94. The van der Waals surface area contributed by atoms with E-state index in [1.165, 1.54) is 6.42 Å². The van der Waals surface area contributed by atoms with Crippen molar-refractivity contribution in [2.75, 3.05) is 20.3 Å². The fraction of sp³-hybridized carbons (Fsp3) is 0.571. The summed E-state index contributed by atoms with van der Waals surface area (Å²) in [4.78, 5) is 12.0. The fourth-order valence-corrected chi connectivity index (χ4v) is 3.36. The number of hydrogen-bond acceptors (Lipinski definition) is 6. The number of amides is 1. The molecule has 2 aromatic rings. The molecule has 2 heterocycles. The van der Waals surface area contributed by atoms with Gasteiger partial charge in [-0.3, -0.25) is 4.79 Å². The van der Waals surface area contributed by atoms with Crippen molar-refractivity contribution >= 4 is 5.91 Å². The number of methoxy groups -OCH3 is 1. The molecule has 0 bridgehead atoms. The first-order chi connectivity index (χ1) is 13.7. The van der Waals surface area contributed by atoms with E-state index in [4.69, 9.17) is 13.9 Å². The summed E-state index contributed by atoms with van der Waals surface area (Å²) in [5.41, 5.74) is 1.10. The monoisotopic (exact) mass is 387 g/mol. The van der Waals surface area contributed by atoms with Crippen molar-refractivity contribution in [3.8, 4) is 5.75 Å². The van der Waals surface area contributed by atoms with Gasteiger partial charge in [0.25, 0.3) is 0 Å². The van der Waals surface area contributed by atoms with Crippen LogP contribution in [-0.2, 0) is 28.8 Å². The van der Waals surface area contributed by atoms with E-state index < -0.39 is 0 Å². The number of carbonyl (C=O) groups is 1. The predicted octanol–water partition coefficient (Wildman–Crippen LogP) is 2.87. The molecule has 3 rings (SSSR count). The molecule has 28 heavy (non-hydrogen) atoms. The van der Waals surface area contributed by atoms with Crippen molar-refractivity contribution in [3.63, 3.8) is 0 Å². The molecule has 0 saturated carbocycles. The molecule has 1 amide bonds. The maximum atomic E-state index is 12.0. The van der Waals surface area contributed by atoms with E-state index >= 15 is 0 Å². The van der Waals surface area contributed by atoms with Crippen LogP contribution in [0.5, 0.6) is 5.75 Å². The predicted molar refractivity (Wildman–Crippen MR) is 104 cm³/mol. The third kappa shape index (κ3) is 6.34. The van der Waals surface area contributed by atoms with Gasteiger partial charge in [-0.25, -0.2) is 0 Å². The van der Waals surface area contributed by atoms with Crippen molar-refractivity contribution in [2.24, 2.45) is 0 Å². The summed E-state index contributed by atoms with van der Waals surface area (Å²) in [6.07, 6.45) is 6.82. The Hall–Kier alpha value is -2.41. The third-order valence-corrected chi connectivity index (χ3v) is 4.94. The number of ether oxygens (including phenoxy) is 2. The van der Waals surface area contributed by atoms with E-state index in [-0.39, 0.29) is 12.0 Å². The zero-order valence-electron chi connectivity index (χ0n) is 16.5. The quantitative estimate of drug-likeness (QED) is 0.675. The van der Waals surface area contributed by atoms with Gasteiger partial charge in [0, 0.05) is 32.4 Å². The Morgan fingerprint density at radius 1 is 1.18 bits per heavy atom. The lowest BCUT2D eigenvalue weighted by atomic mass is 10.1. The zero-order valence-corrected chi connectivity index (χ0v) is 16.5. The highest BCUT2D eigenvalue weighted by molar-refractivity contribution is 5.75. The third-order valence-electron chi connectivity index (χ3n) is 4.94. The second-order valence-electron chi connectivity index (χ2n) is 7.03. The second kappa shape index (κ2) is 10.8. The normalized spacial score (nSPS) is 16.7. The van der Waals surface area contributed by atoms with E-state index in [2.05, 4.69) is 15.5 Å². The van der Waals surface area contributed by atoms with Gasteiger partial charge in [-0.1, -0.05) is 18.2 Å².